The molecule has 0 bridgehead atoms. The molecular formula is HN81S. The minimum Gasteiger partial charge on any atom is -0.183 e. The Bertz CT molecular complexity index is 2970. The van der Waals surface area contributed by atoms with Crippen molar-refractivity contribution in [3.05, 3.63) is 0 Å². The molecule has 0 aliphatic heterocycles. The van der Waals surface area contributed by atoms with Gasteiger partial charge in [-0.3, -0.25) is 0 Å². The van der Waals surface area contributed by atoms with Crippen molar-refractivity contribution in [2.24, 2.45) is 412 Å². The van der Waals surface area contributed by atoms with E-state index >= 15 is 0 Å². The third-order valence-electron chi connectivity index (χ3n) is 3.16. The molecule has 0 atom stereocenters. The predicted molar refractivity (Wildman–Crippen MR) is 204 cm³/mol. The van der Waals surface area contributed by atoms with Gasteiger partial charge < -0.3 is 0 Å². The van der Waals surface area contributed by atoms with Crippen LogP contribution in [0, 0.1) is 10.1 Å². The summed E-state index contributed by atoms with van der Waals surface area (Å²) in [4.78, 5) is 0. The fourth-order valence-corrected chi connectivity index (χ4v) is 1.46. The molecule has 0 aromatic heterocycles. The molecule has 82 heteroatoms. The monoisotopic (exact) mass is 1170 g/mol. The van der Waals surface area contributed by atoms with Crippen molar-refractivity contribution in [1.29, 1.82) is 10.1 Å². The van der Waals surface area contributed by atoms with Crippen molar-refractivity contribution >= 4 is 11.6 Å². The average molecular weight is 1170 g/mol. The number of rotatable bonds is 39. The lowest BCUT2D eigenvalue weighted by Gasteiger charge is -1.70. The van der Waals surface area contributed by atoms with Gasteiger partial charge in [0, 0.05) is 324 Å². The summed E-state index contributed by atoms with van der Waals surface area (Å²) in [6.07, 6.45) is 0. The SMILES string of the molecule is N#S\N=N/N=N\N=N/N=N\N=N/N=N\N=N/N=N\N=N/N=N\N=N/N=N\N=N/N=N\N=N/N=N\N=N/N=N\N=N/N=N\N=N/N=N\N=N/N=N\N=N/N=N\N=N/N=N\N=N/N=N\N=N/N=N\N=N/N=N\N=N/N=N\N=N/N=N\N=N/N=N. The molecule has 0 heterocycles. The number of nitrogens with one attached hydrogen (secondary N) is 1. The van der Waals surface area contributed by atoms with E-state index in [1.807, 2.05) is 0 Å². The van der Waals surface area contributed by atoms with E-state index in [4.69, 9.17) is 10.1 Å². The van der Waals surface area contributed by atoms with Gasteiger partial charge in [0.1, 0.15) is 0 Å². The fourth-order valence-electron chi connectivity index (χ4n) is 1.39. The summed E-state index contributed by atoms with van der Waals surface area (Å²) in [5.74, 6) is 0. The summed E-state index contributed by atoms with van der Waals surface area (Å²) in [6.45, 7) is 0. The zero-order valence-corrected chi connectivity index (χ0v) is 37.5. The number of hydrogen-bond acceptors (Lipinski definition) is 3. The van der Waals surface area contributed by atoms with E-state index < -0.39 is 0 Å². The molecule has 1 N–H and O–H groups in total. The summed E-state index contributed by atoms with van der Waals surface area (Å²) in [5, 5.41) is 232. The maximum Gasteiger partial charge on any atom is 0.193 e. The Morgan fingerprint density at radius 3 is 0.268 bits per heavy atom. The third kappa shape index (κ3) is 63.9. The second-order valence-electron chi connectivity index (χ2n) is 7.15. The molecule has 0 radical (unpaired) electrons. The smallest absolute Gasteiger partial charge is 0.183 e. The van der Waals surface area contributed by atoms with Gasteiger partial charge in [-0.25, -0.2) is 0 Å². The van der Waals surface area contributed by atoms with Gasteiger partial charge in [0.2, 0.25) is 0 Å². The lowest BCUT2D eigenvalue weighted by Crippen LogP contribution is -1.52. The van der Waals surface area contributed by atoms with Gasteiger partial charge >= 0.3 is 0 Å². The van der Waals surface area contributed by atoms with E-state index in [2.05, 4.69) is 412 Å². The highest BCUT2D eigenvalue weighted by atomic mass is 32.1. The molecule has 0 aromatic carbocycles. The van der Waals surface area contributed by atoms with Gasteiger partial charge in [-0.15, -0.1) is 4.61 Å². The van der Waals surface area contributed by atoms with Gasteiger partial charge in [-0.05, 0) is 88.1 Å². The van der Waals surface area contributed by atoms with Crippen molar-refractivity contribution in [3.63, 3.8) is 0 Å². The molecule has 0 unspecified atom stereocenters. The molecule has 0 spiro atoms. The van der Waals surface area contributed by atoms with Crippen LogP contribution in [0.3, 0.4) is 0 Å². The Balaban J connectivity index is 4.11. The third-order valence-corrected chi connectivity index (χ3v) is 3.30. The first kappa shape index (κ1) is 65.9. The molecule has 81 nitrogen and oxygen atoms in total. The molecule has 0 rings (SSSR count). The second kappa shape index (κ2) is 64.9. The van der Waals surface area contributed by atoms with E-state index in [-0.39, 0.29) is 11.6 Å². The van der Waals surface area contributed by atoms with Crippen molar-refractivity contribution in [1.82, 2.24) is 0 Å². The van der Waals surface area contributed by atoms with Crippen LogP contribution < -0.4 is 0 Å². The molecule has 0 aromatic rings. The summed E-state index contributed by atoms with van der Waals surface area (Å²) in [6, 6.07) is 0. The van der Waals surface area contributed by atoms with Crippen LogP contribution in [0.25, 0.3) is 0 Å². The molecule has 82 heavy (non-hydrogen) atoms. The van der Waals surface area contributed by atoms with Gasteiger partial charge in [-0.1, -0.05) is 0 Å². The first-order valence-corrected chi connectivity index (χ1v) is 16.9. The van der Waals surface area contributed by atoms with Crippen molar-refractivity contribution in [3.8, 4) is 0 Å². The highest BCUT2D eigenvalue weighted by molar-refractivity contribution is 7.83. The number of hydrogen-bond donors (Lipinski definition) is 1. The lowest BCUT2D eigenvalue weighted by atomic mass is 12.3. The molecule has 0 saturated heterocycles. The van der Waals surface area contributed by atoms with E-state index in [1.165, 1.54) is 0 Å². The first-order chi connectivity index (χ1) is 40.9. The maximum absolute atomic E-state index is 8.19. The fraction of sp³-hybridized carbons (Fsp3) is 0. The zero-order chi connectivity index (χ0) is 58.6. The zero-order valence-electron chi connectivity index (χ0n) is 36.7. The normalized spacial score (nSPS) is 15.5. The average Bonchev–Trinajstić information content (AvgIpc) is 3.48. The molecule has 0 saturated carbocycles. The van der Waals surface area contributed by atoms with Crippen LogP contribution in [0.4, 0.5) is 0 Å². The Hall–Kier alpha value is -16.1. The van der Waals surface area contributed by atoms with Gasteiger partial charge in [0.15, 0.2) is 11.6 Å². The van der Waals surface area contributed by atoms with Gasteiger partial charge in [0.05, 0.1) is 0 Å². The summed E-state index contributed by atoms with van der Waals surface area (Å²) in [5.41, 5.74) is 6.27. The molecule has 0 amide bonds. The van der Waals surface area contributed by atoms with Crippen LogP contribution in [0.15, 0.2) is 412 Å². The van der Waals surface area contributed by atoms with Crippen molar-refractivity contribution in [2.45, 2.75) is 0 Å². The Labute approximate surface area is 434 Å². The largest absolute Gasteiger partial charge is 0.193 e. The highest BCUT2D eigenvalue weighted by Crippen LogP contribution is 1.97. The standard InChI is InChI=1S/HN81S/c1-3-4-5-6-7-8-9-10-11-12-13-14-15-16-17-18-19-20-21-22-23-24-25-26-27-28-29-30-31-32-33-34-35-36-37-38-39-40-41-42-43-44-45-46-47-48-49-50-51-52-53-54-55-56-57-58-59-60-61-62-63-64-65-66-67-68-69-70-71-72-73-74-75-76-77-78-79-80-81-82-2/h1H/b3-1?,5-4-,7-6-,9-8-,11-10-,13-12-,15-14-,17-16-,19-18-,21-20-,23-22-,25-24-,27-26-,29-28-,31-30-,33-32-,35-34-,37-36-,39-38-,41-40-,43-42-,45-44-,47-46-,49-48-,51-50-,53-52-,55-54-,57-56-,59-58-,61-60-,63-62-,65-64-,67-66-,69-68-,71-70-,73-72-,75-74-,77-76-,79-78-,81-80-. The van der Waals surface area contributed by atoms with Crippen molar-refractivity contribution < 1.29 is 0 Å². The van der Waals surface area contributed by atoms with E-state index in [1.54, 1.807) is 0 Å². The van der Waals surface area contributed by atoms with Crippen LogP contribution >= 0.6 is 11.6 Å². The molecule has 412 valence electrons. The van der Waals surface area contributed by atoms with Crippen LogP contribution in [-0.4, -0.2) is 0 Å². The Kier molecular flexibility index (Phi) is 52.2. The first-order valence-electron chi connectivity index (χ1n) is 16.2. The van der Waals surface area contributed by atoms with E-state index in [0.29, 0.717) is 0 Å². The van der Waals surface area contributed by atoms with Crippen LogP contribution in [0.5, 0.6) is 0 Å². The predicted octanol–water partition coefficient (Wildman–Crippen LogP) is 15.5. The quantitative estimate of drug-likeness (QED) is 0.0350. The van der Waals surface area contributed by atoms with Crippen LogP contribution in [0.2, 0.25) is 0 Å². The minimum atomic E-state index is 0.0533. The summed E-state index contributed by atoms with van der Waals surface area (Å²) >= 11 is 0.0533. The molecular weight excluding hydrogens is 1170 g/mol. The van der Waals surface area contributed by atoms with Crippen LogP contribution in [-0.2, 0) is 0 Å². The van der Waals surface area contributed by atoms with E-state index in [0.717, 1.165) is 0 Å². The van der Waals surface area contributed by atoms with Crippen molar-refractivity contribution in [2.75, 3.05) is 0 Å². The number of nitrogens with zero attached hydrogens (tertiary/aromatic N) is 80. The molecule has 0 fully saturated rings. The Morgan fingerprint density at radius 2 is 0.195 bits per heavy atom. The minimum absolute atomic E-state index is 0.0533. The topological polar surface area (TPSA) is 1020 Å². The summed E-state index contributed by atoms with van der Waals surface area (Å²) in [7, 11) is 0. The Morgan fingerprint density at radius 1 is 0.122 bits per heavy atom. The molecule has 0 aliphatic carbocycles. The maximum atomic E-state index is 8.19. The lowest BCUT2D eigenvalue weighted by molar-refractivity contribution is 0.723. The summed E-state index contributed by atoms with van der Waals surface area (Å²) < 4.78 is 11.1. The van der Waals surface area contributed by atoms with Crippen LogP contribution in [0.1, 0.15) is 0 Å². The highest BCUT2D eigenvalue weighted by Gasteiger charge is 1.78. The van der Waals surface area contributed by atoms with Gasteiger partial charge in [-0.2, -0.15) is 5.53 Å². The molecule has 0 aliphatic rings. The van der Waals surface area contributed by atoms with E-state index in [9.17, 15) is 0 Å². The second-order valence-corrected chi connectivity index (χ2v) is 7.48. The van der Waals surface area contributed by atoms with Gasteiger partial charge in [0.25, 0.3) is 0 Å².